The van der Waals surface area contributed by atoms with Crippen molar-refractivity contribution >= 4 is 34.8 Å². The minimum absolute atomic E-state index is 0.141. The maximum atomic E-state index is 12.3. The molecule has 3 aromatic rings. The van der Waals surface area contributed by atoms with Crippen LogP contribution in [0, 0.1) is 0 Å². The highest BCUT2D eigenvalue weighted by Crippen LogP contribution is 2.30. The molecule has 5 nitrogen and oxygen atoms in total. The van der Waals surface area contributed by atoms with Gasteiger partial charge in [-0.05, 0) is 23.8 Å². The maximum Gasteiger partial charge on any atom is 0.263 e. The Kier molecular flexibility index (Phi) is 5.65. The topological polar surface area (TPSA) is 71.1 Å². The number of carbonyl (C=O) groups excluding carboxylic acids is 2. The molecule has 132 valence electrons. The highest BCUT2D eigenvalue weighted by molar-refractivity contribution is 7.17. The fraction of sp³-hybridized carbons (Fsp3) is 0.105. The summed E-state index contributed by atoms with van der Waals surface area (Å²) >= 11 is 7.46. The van der Waals surface area contributed by atoms with E-state index in [0.29, 0.717) is 27.0 Å². The highest BCUT2D eigenvalue weighted by atomic mass is 35.5. The van der Waals surface area contributed by atoms with Crippen molar-refractivity contribution in [3.63, 3.8) is 0 Å². The molecule has 0 spiro atoms. The number of halogens is 1. The van der Waals surface area contributed by atoms with Gasteiger partial charge in [0.2, 0.25) is 0 Å². The monoisotopic (exact) mass is 385 g/mol. The molecular weight excluding hydrogens is 370 g/mol. The number of benzene rings is 2. The number of rotatable bonds is 5. The van der Waals surface area contributed by atoms with Crippen molar-refractivity contribution in [2.24, 2.45) is 0 Å². The van der Waals surface area contributed by atoms with Crippen LogP contribution in [0.25, 0.3) is 10.6 Å². The second kappa shape index (κ2) is 8.12. The van der Waals surface area contributed by atoms with E-state index in [1.165, 1.54) is 11.3 Å². The van der Waals surface area contributed by atoms with Crippen LogP contribution in [0.15, 0.2) is 54.7 Å². The summed E-state index contributed by atoms with van der Waals surface area (Å²) in [5, 5.41) is 6.73. The first-order chi connectivity index (χ1) is 12.6. The first-order valence-electron chi connectivity index (χ1n) is 7.88. The average molecular weight is 386 g/mol. The number of hydrogen-bond donors (Lipinski definition) is 2. The predicted octanol–water partition coefficient (Wildman–Crippen LogP) is 3.75. The second-order valence-electron chi connectivity index (χ2n) is 5.47. The Morgan fingerprint density at radius 2 is 1.81 bits per heavy atom. The summed E-state index contributed by atoms with van der Waals surface area (Å²) in [4.78, 5) is 28.7. The van der Waals surface area contributed by atoms with Gasteiger partial charge in [-0.3, -0.25) is 9.59 Å². The van der Waals surface area contributed by atoms with E-state index in [-0.39, 0.29) is 11.8 Å². The Morgan fingerprint density at radius 3 is 2.50 bits per heavy atom. The van der Waals surface area contributed by atoms with Gasteiger partial charge in [0, 0.05) is 24.7 Å². The number of nitrogens with one attached hydrogen (secondary N) is 2. The third kappa shape index (κ3) is 4.09. The van der Waals surface area contributed by atoms with Crippen molar-refractivity contribution in [2.45, 2.75) is 6.54 Å². The summed E-state index contributed by atoms with van der Waals surface area (Å²) in [6, 6.07) is 14.5. The SMILES string of the molecule is CNC(=O)c1ccc(CNC(=O)c2cnc(-c3ccccc3Cl)s2)cc1. The van der Waals surface area contributed by atoms with E-state index in [0.717, 1.165) is 11.1 Å². The summed E-state index contributed by atoms with van der Waals surface area (Å²) < 4.78 is 0. The van der Waals surface area contributed by atoms with Crippen molar-refractivity contribution in [2.75, 3.05) is 7.05 Å². The highest BCUT2D eigenvalue weighted by Gasteiger charge is 2.13. The molecule has 0 saturated carbocycles. The van der Waals surface area contributed by atoms with E-state index in [9.17, 15) is 9.59 Å². The van der Waals surface area contributed by atoms with Crippen LogP contribution in [0.1, 0.15) is 25.6 Å². The minimum atomic E-state index is -0.198. The van der Waals surface area contributed by atoms with Gasteiger partial charge in [0.05, 0.1) is 11.2 Å². The molecule has 0 saturated heterocycles. The zero-order valence-corrected chi connectivity index (χ0v) is 15.5. The Bertz CT molecular complexity index is 938. The molecule has 0 fully saturated rings. The first-order valence-corrected chi connectivity index (χ1v) is 9.08. The smallest absolute Gasteiger partial charge is 0.263 e. The second-order valence-corrected chi connectivity index (χ2v) is 6.91. The number of aromatic nitrogens is 1. The summed E-state index contributed by atoms with van der Waals surface area (Å²) in [5.41, 5.74) is 2.29. The molecular formula is C19H16ClN3O2S. The molecule has 2 aromatic carbocycles. The zero-order valence-electron chi connectivity index (χ0n) is 14.0. The number of thiazole rings is 1. The van der Waals surface area contributed by atoms with Crippen molar-refractivity contribution in [3.05, 3.63) is 75.8 Å². The molecule has 0 bridgehead atoms. The van der Waals surface area contributed by atoms with Crippen LogP contribution in [-0.4, -0.2) is 23.8 Å². The van der Waals surface area contributed by atoms with E-state index in [4.69, 9.17) is 11.6 Å². The Hall–Kier alpha value is -2.70. The number of nitrogens with zero attached hydrogens (tertiary/aromatic N) is 1. The molecule has 0 aliphatic carbocycles. The normalized spacial score (nSPS) is 10.4. The molecule has 3 rings (SSSR count). The number of hydrogen-bond acceptors (Lipinski definition) is 4. The lowest BCUT2D eigenvalue weighted by atomic mass is 10.1. The largest absolute Gasteiger partial charge is 0.355 e. The molecule has 7 heteroatoms. The van der Waals surface area contributed by atoms with Crippen molar-refractivity contribution in [1.82, 2.24) is 15.6 Å². The van der Waals surface area contributed by atoms with Crippen LogP contribution in [0.3, 0.4) is 0 Å². The third-order valence-electron chi connectivity index (χ3n) is 3.73. The van der Waals surface area contributed by atoms with E-state index < -0.39 is 0 Å². The van der Waals surface area contributed by atoms with E-state index in [1.54, 1.807) is 31.4 Å². The van der Waals surface area contributed by atoms with Gasteiger partial charge in [-0.25, -0.2) is 4.98 Å². The summed E-state index contributed by atoms with van der Waals surface area (Å²) in [6.45, 7) is 0.367. The quantitative estimate of drug-likeness (QED) is 0.702. The Labute approximate surface area is 160 Å². The zero-order chi connectivity index (χ0) is 18.5. The van der Waals surface area contributed by atoms with Crippen LogP contribution < -0.4 is 10.6 Å². The molecule has 26 heavy (non-hydrogen) atoms. The van der Waals surface area contributed by atoms with Gasteiger partial charge in [0.1, 0.15) is 9.88 Å². The molecule has 2 N–H and O–H groups in total. The lowest BCUT2D eigenvalue weighted by Crippen LogP contribution is -2.22. The van der Waals surface area contributed by atoms with E-state index in [2.05, 4.69) is 15.6 Å². The van der Waals surface area contributed by atoms with Crippen molar-refractivity contribution < 1.29 is 9.59 Å². The van der Waals surface area contributed by atoms with Crippen LogP contribution in [-0.2, 0) is 6.54 Å². The van der Waals surface area contributed by atoms with Crippen LogP contribution in [0.2, 0.25) is 5.02 Å². The molecule has 0 atom stereocenters. The minimum Gasteiger partial charge on any atom is -0.355 e. The van der Waals surface area contributed by atoms with Crippen LogP contribution in [0.5, 0.6) is 0 Å². The summed E-state index contributed by atoms with van der Waals surface area (Å²) in [5.74, 6) is -0.339. The molecule has 2 amide bonds. The molecule has 0 unspecified atom stereocenters. The van der Waals surface area contributed by atoms with Gasteiger partial charge in [-0.1, -0.05) is 41.9 Å². The molecule has 0 aliphatic rings. The maximum absolute atomic E-state index is 12.3. The summed E-state index contributed by atoms with van der Waals surface area (Å²) in [6.07, 6.45) is 1.55. The van der Waals surface area contributed by atoms with Crippen LogP contribution >= 0.6 is 22.9 Å². The van der Waals surface area contributed by atoms with Gasteiger partial charge < -0.3 is 10.6 Å². The standard InChI is InChI=1S/C19H16ClN3O2S/c1-21-17(24)13-8-6-12(7-9-13)10-22-18(25)16-11-23-19(26-16)14-4-2-3-5-15(14)20/h2-9,11H,10H2,1H3,(H,21,24)(H,22,25). The fourth-order valence-corrected chi connectivity index (χ4v) is 3.48. The fourth-order valence-electron chi connectivity index (χ4n) is 2.33. The van der Waals surface area contributed by atoms with Gasteiger partial charge in [-0.15, -0.1) is 11.3 Å². The average Bonchev–Trinajstić information content (AvgIpc) is 3.16. The van der Waals surface area contributed by atoms with E-state index >= 15 is 0 Å². The Morgan fingerprint density at radius 1 is 1.08 bits per heavy atom. The molecule has 1 aromatic heterocycles. The van der Waals surface area contributed by atoms with Crippen LogP contribution in [0.4, 0.5) is 0 Å². The first kappa shape index (κ1) is 18.1. The van der Waals surface area contributed by atoms with Crippen molar-refractivity contribution in [1.29, 1.82) is 0 Å². The predicted molar refractivity (Wildman–Crippen MR) is 104 cm³/mol. The number of carbonyl (C=O) groups is 2. The molecule has 0 aliphatic heterocycles. The third-order valence-corrected chi connectivity index (χ3v) is 5.09. The van der Waals surface area contributed by atoms with E-state index in [1.807, 2.05) is 30.3 Å². The van der Waals surface area contributed by atoms with Crippen molar-refractivity contribution in [3.8, 4) is 10.6 Å². The lowest BCUT2D eigenvalue weighted by molar-refractivity contribution is 0.0949. The van der Waals surface area contributed by atoms with Gasteiger partial charge in [-0.2, -0.15) is 0 Å². The van der Waals surface area contributed by atoms with Gasteiger partial charge in [0.15, 0.2) is 0 Å². The number of amides is 2. The summed E-state index contributed by atoms with van der Waals surface area (Å²) in [7, 11) is 1.59. The van der Waals surface area contributed by atoms with Gasteiger partial charge in [0.25, 0.3) is 11.8 Å². The lowest BCUT2D eigenvalue weighted by Gasteiger charge is -2.05. The Balaban J connectivity index is 1.64. The van der Waals surface area contributed by atoms with Gasteiger partial charge >= 0.3 is 0 Å². The molecule has 1 heterocycles. The molecule has 0 radical (unpaired) electrons.